The summed E-state index contributed by atoms with van der Waals surface area (Å²) in [7, 11) is 0. The van der Waals surface area contributed by atoms with Crippen LogP contribution in [0.5, 0.6) is 11.5 Å². The van der Waals surface area contributed by atoms with Crippen LogP contribution in [-0.4, -0.2) is 11.0 Å². The lowest BCUT2D eigenvalue weighted by Crippen LogP contribution is -2.14. The van der Waals surface area contributed by atoms with Gasteiger partial charge < -0.3 is 15.7 Å². The van der Waals surface area contributed by atoms with Crippen molar-refractivity contribution in [2.45, 2.75) is 0 Å². The normalized spacial score (nSPS) is 11.4. The van der Waals surface area contributed by atoms with E-state index >= 15 is 0 Å². The Balaban J connectivity index is 2.44. The minimum atomic E-state index is -0.551. The molecule has 0 fully saturated rings. The van der Waals surface area contributed by atoms with Crippen molar-refractivity contribution < 1.29 is 14.3 Å². The molecule has 0 aliphatic heterocycles. The first-order valence-electron chi connectivity index (χ1n) is 5.41. The topological polar surface area (TPSA) is 67.8 Å². The van der Waals surface area contributed by atoms with Crippen LogP contribution in [0.2, 0.25) is 5.02 Å². The Kier molecular flexibility index (Phi) is 4.46. The Hall–Kier alpha value is -1.79. The summed E-state index contributed by atoms with van der Waals surface area (Å²) in [6.07, 6.45) is 0. The van der Waals surface area contributed by atoms with E-state index in [1.54, 1.807) is 12.1 Å². The molecule has 0 atom stereocenters. The summed E-state index contributed by atoms with van der Waals surface area (Å²) in [4.78, 5) is 0. The van der Waals surface area contributed by atoms with Crippen molar-refractivity contribution in [2.24, 2.45) is 10.9 Å². The summed E-state index contributed by atoms with van der Waals surface area (Å²) in [6, 6.07) is 8.88. The third-order valence-corrected chi connectivity index (χ3v) is 3.17. The van der Waals surface area contributed by atoms with Gasteiger partial charge in [0.15, 0.2) is 17.4 Å². The van der Waals surface area contributed by atoms with E-state index in [1.807, 2.05) is 0 Å². The van der Waals surface area contributed by atoms with Crippen molar-refractivity contribution in [1.82, 2.24) is 0 Å². The van der Waals surface area contributed by atoms with Gasteiger partial charge in [-0.2, -0.15) is 0 Å². The largest absolute Gasteiger partial charge is 0.453 e. The maximum Gasteiger partial charge on any atom is 0.173 e. The SMILES string of the molecule is NC(=NO)c1ccc(Cl)cc1Oc1ccc(Br)cc1F. The van der Waals surface area contributed by atoms with Gasteiger partial charge in [0.05, 0.1) is 5.56 Å². The Morgan fingerprint density at radius 2 is 2.00 bits per heavy atom. The van der Waals surface area contributed by atoms with Crippen LogP contribution >= 0.6 is 27.5 Å². The smallest absolute Gasteiger partial charge is 0.173 e. The number of ether oxygens (including phenoxy) is 1. The first-order chi connectivity index (χ1) is 9.51. The molecule has 2 aromatic carbocycles. The van der Waals surface area contributed by atoms with Gasteiger partial charge in [0, 0.05) is 15.6 Å². The van der Waals surface area contributed by atoms with Crippen molar-refractivity contribution >= 4 is 33.4 Å². The molecule has 0 saturated carbocycles. The molecule has 0 radical (unpaired) electrons. The quantitative estimate of drug-likeness (QED) is 0.375. The molecule has 0 heterocycles. The van der Waals surface area contributed by atoms with E-state index in [-0.39, 0.29) is 17.3 Å². The summed E-state index contributed by atoms with van der Waals surface area (Å²) in [5.74, 6) is -0.518. The molecule has 2 aromatic rings. The third kappa shape index (κ3) is 3.20. The number of nitrogens with two attached hydrogens (primary N) is 1. The Labute approximate surface area is 127 Å². The molecule has 0 spiro atoms. The summed E-state index contributed by atoms with van der Waals surface area (Å²) in [5, 5.41) is 12.0. The highest BCUT2D eigenvalue weighted by atomic mass is 79.9. The summed E-state index contributed by atoms with van der Waals surface area (Å²) >= 11 is 9.02. The number of amidine groups is 1. The lowest BCUT2D eigenvalue weighted by molar-refractivity contribution is 0.318. The van der Waals surface area contributed by atoms with Crippen molar-refractivity contribution in [3.05, 3.63) is 57.3 Å². The fraction of sp³-hybridized carbons (Fsp3) is 0. The van der Waals surface area contributed by atoms with Crippen LogP contribution in [0.25, 0.3) is 0 Å². The zero-order chi connectivity index (χ0) is 14.7. The van der Waals surface area contributed by atoms with Gasteiger partial charge in [-0.05, 0) is 30.3 Å². The van der Waals surface area contributed by atoms with Crippen LogP contribution in [0.1, 0.15) is 5.56 Å². The zero-order valence-electron chi connectivity index (χ0n) is 9.98. The maximum atomic E-state index is 13.8. The van der Waals surface area contributed by atoms with Gasteiger partial charge in [-0.3, -0.25) is 0 Å². The van der Waals surface area contributed by atoms with E-state index in [1.165, 1.54) is 24.3 Å². The molecule has 0 unspecified atom stereocenters. The van der Waals surface area contributed by atoms with E-state index in [4.69, 9.17) is 27.3 Å². The summed E-state index contributed by atoms with van der Waals surface area (Å²) in [6.45, 7) is 0. The predicted molar refractivity (Wildman–Crippen MR) is 78.1 cm³/mol. The van der Waals surface area contributed by atoms with Gasteiger partial charge >= 0.3 is 0 Å². The van der Waals surface area contributed by atoms with E-state index in [0.29, 0.717) is 15.1 Å². The first kappa shape index (κ1) is 14.6. The Morgan fingerprint density at radius 3 is 2.65 bits per heavy atom. The molecule has 0 aliphatic rings. The molecular formula is C13H9BrClFN2O2. The van der Waals surface area contributed by atoms with Crippen LogP contribution in [0, 0.1) is 5.82 Å². The molecule has 3 N–H and O–H groups in total. The monoisotopic (exact) mass is 358 g/mol. The van der Waals surface area contributed by atoms with Gasteiger partial charge in [0.2, 0.25) is 0 Å². The molecule has 4 nitrogen and oxygen atoms in total. The Bertz CT molecular complexity index is 679. The number of nitrogens with zero attached hydrogens (tertiary/aromatic N) is 1. The van der Waals surface area contributed by atoms with Crippen molar-refractivity contribution in [3.63, 3.8) is 0 Å². The highest BCUT2D eigenvalue weighted by Gasteiger charge is 2.12. The second kappa shape index (κ2) is 6.11. The van der Waals surface area contributed by atoms with Crippen molar-refractivity contribution in [1.29, 1.82) is 0 Å². The molecule has 104 valence electrons. The molecule has 20 heavy (non-hydrogen) atoms. The van der Waals surface area contributed by atoms with Gasteiger partial charge in [-0.15, -0.1) is 0 Å². The zero-order valence-corrected chi connectivity index (χ0v) is 12.3. The van der Waals surface area contributed by atoms with Crippen molar-refractivity contribution in [3.8, 4) is 11.5 Å². The highest BCUT2D eigenvalue weighted by Crippen LogP contribution is 2.31. The van der Waals surface area contributed by atoms with Crippen LogP contribution in [0.15, 0.2) is 46.0 Å². The summed E-state index contributed by atoms with van der Waals surface area (Å²) in [5.41, 5.74) is 5.84. The average Bonchev–Trinajstić information content (AvgIpc) is 2.41. The molecule has 7 heteroatoms. The second-order valence-corrected chi connectivity index (χ2v) is 5.15. The lowest BCUT2D eigenvalue weighted by atomic mass is 10.2. The van der Waals surface area contributed by atoms with Crippen LogP contribution in [0.3, 0.4) is 0 Å². The van der Waals surface area contributed by atoms with Crippen LogP contribution in [0.4, 0.5) is 4.39 Å². The van der Waals surface area contributed by atoms with Gasteiger partial charge in [0.1, 0.15) is 5.75 Å². The second-order valence-electron chi connectivity index (χ2n) is 3.80. The molecule has 0 aliphatic carbocycles. The van der Waals surface area contributed by atoms with E-state index < -0.39 is 5.82 Å². The maximum absolute atomic E-state index is 13.8. The van der Waals surface area contributed by atoms with Gasteiger partial charge in [-0.1, -0.05) is 32.7 Å². The standard InChI is InChI=1S/C13H9BrClFN2O2/c14-7-1-4-11(10(16)5-7)20-12-6-8(15)2-3-9(12)13(17)18-19/h1-6,19H,(H2,17,18). The van der Waals surface area contributed by atoms with E-state index in [2.05, 4.69) is 21.1 Å². The number of benzene rings is 2. The third-order valence-electron chi connectivity index (χ3n) is 2.44. The fourth-order valence-corrected chi connectivity index (χ4v) is 2.02. The number of hydrogen-bond donors (Lipinski definition) is 2. The van der Waals surface area contributed by atoms with E-state index in [9.17, 15) is 4.39 Å². The number of rotatable bonds is 3. The Morgan fingerprint density at radius 1 is 1.25 bits per heavy atom. The molecular weight excluding hydrogens is 351 g/mol. The minimum Gasteiger partial charge on any atom is -0.453 e. The highest BCUT2D eigenvalue weighted by molar-refractivity contribution is 9.10. The van der Waals surface area contributed by atoms with Gasteiger partial charge in [-0.25, -0.2) is 4.39 Å². The van der Waals surface area contributed by atoms with Crippen molar-refractivity contribution in [2.75, 3.05) is 0 Å². The fourth-order valence-electron chi connectivity index (χ4n) is 1.52. The average molecular weight is 360 g/mol. The molecule has 0 aromatic heterocycles. The first-order valence-corrected chi connectivity index (χ1v) is 6.58. The lowest BCUT2D eigenvalue weighted by Gasteiger charge is -2.11. The molecule has 0 amide bonds. The summed E-state index contributed by atoms with van der Waals surface area (Å²) < 4.78 is 19.8. The van der Waals surface area contributed by atoms with Crippen LogP contribution in [-0.2, 0) is 0 Å². The number of halogens is 3. The molecule has 0 saturated heterocycles. The van der Waals surface area contributed by atoms with E-state index in [0.717, 1.165) is 0 Å². The molecule has 2 rings (SSSR count). The molecule has 0 bridgehead atoms. The minimum absolute atomic E-state index is 0.00227. The number of oxime groups is 1. The van der Waals surface area contributed by atoms with Crippen LogP contribution < -0.4 is 10.5 Å². The number of hydrogen-bond acceptors (Lipinski definition) is 3. The predicted octanol–water partition coefficient (Wildman–Crippen LogP) is 4.13. The van der Waals surface area contributed by atoms with Gasteiger partial charge in [0.25, 0.3) is 0 Å².